The molecule has 1 heterocycles. The average molecular weight is 477 g/mol. The molecule has 1 amide bonds. The molecule has 0 saturated carbocycles. The summed E-state index contributed by atoms with van der Waals surface area (Å²) in [5.74, 6) is 0.406. The van der Waals surface area contributed by atoms with Gasteiger partial charge in [-0.25, -0.2) is 0 Å². The second kappa shape index (κ2) is 11.2. The number of halogens is 1. The first kappa shape index (κ1) is 23.8. The number of anilines is 1. The smallest absolute Gasteiger partial charge is 0.255 e. The van der Waals surface area contributed by atoms with Crippen molar-refractivity contribution >= 4 is 34.2 Å². The highest BCUT2D eigenvalue weighted by Crippen LogP contribution is 2.28. The monoisotopic (exact) mass is 476 g/mol. The molecule has 1 aromatic heterocycles. The Kier molecular flexibility index (Phi) is 7.80. The molecule has 4 rings (SSSR count). The summed E-state index contributed by atoms with van der Waals surface area (Å²) in [4.78, 5) is 14.4. The number of carbonyl (C=O) groups excluding carboxylic acids is 1. The van der Waals surface area contributed by atoms with Crippen molar-refractivity contribution < 1.29 is 9.53 Å². The molecule has 0 bridgehead atoms. The summed E-state index contributed by atoms with van der Waals surface area (Å²) in [5, 5.41) is 12.4. The van der Waals surface area contributed by atoms with Crippen LogP contribution in [-0.4, -0.2) is 27.5 Å². The lowest BCUT2D eigenvalue weighted by Gasteiger charge is -2.09. The predicted molar refractivity (Wildman–Crippen MR) is 137 cm³/mol. The number of rotatable bonds is 10. The lowest BCUT2D eigenvalue weighted by molar-refractivity contribution is 0.102. The number of aryl methyl sites for hydroxylation is 1. The average Bonchev–Trinajstić information content (AvgIpc) is 3.26. The second-order valence-electron chi connectivity index (χ2n) is 8.26. The zero-order valence-electron chi connectivity index (χ0n) is 19.6. The van der Waals surface area contributed by atoms with Crippen molar-refractivity contribution in [2.45, 2.75) is 46.0 Å². The summed E-state index contributed by atoms with van der Waals surface area (Å²) in [7, 11) is 0. The van der Waals surface area contributed by atoms with E-state index in [1.165, 1.54) is 18.4 Å². The molecule has 6 nitrogen and oxygen atoms in total. The van der Waals surface area contributed by atoms with Crippen molar-refractivity contribution in [3.63, 3.8) is 0 Å². The lowest BCUT2D eigenvalue weighted by Crippen LogP contribution is -2.12. The van der Waals surface area contributed by atoms with Crippen molar-refractivity contribution in [3.8, 4) is 11.4 Å². The Balaban J connectivity index is 1.51. The molecule has 0 atom stereocenters. The van der Waals surface area contributed by atoms with Crippen molar-refractivity contribution in [1.82, 2.24) is 15.0 Å². The lowest BCUT2D eigenvalue weighted by atomic mass is 10.1. The number of fused-ring (bicyclic) bond motifs is 1. The number of carbonyl (C=O) groups is 1. The minimum absolute atomic E-state index is 0.266. The normalized spacial score (nSPS) is 11.0. The van der Waals surface area contributed by atoms with Crippen LogP contribution in [0.5, 0.6) is 5.75 Å². The Labute approximate surface area is 204 Å². The highest BCUT2D eigenvalue weighted by atomic mass is 35.5. The zero-order valence-corrected chi connectivity index (χ0v) is 20.3. The molecule has 34 heavy (non-hydrogen) atoms. The molecule has 3 aromatic carbocycles. The van der Waals surface area contributed by atoms with Gasteiger partial charge in [-0.15, -0.1) is 10.2 Å². The van der Waals surface area contributed by atoms with Crippen molar-refractivity contribution in [2.24, 2.45) is 0 Å². The number of aromatic nitrogens is 3. The summed E-state index contributed by atoms with van der Waals surface area (Å²) in [5.41, 5.74) is 4.46. The third kappa shape index (κ3) is 5.75. The number of nitrogens with one attached hydrogen (secondary N) is 1. The van der Waals surface area contributed by atoms with Crippen LogP contribution in [0.4, 0.5) is 5.69 Å². The molecular weight excluding hydrogens is 448 g/mol. The van der Waals surface area contributed by atoms with Crippen LogP contribution in [0.1, 0.15) is 55.5 Å². The largest absolute Gasteiger partial charge is 0.494 e. The van der Waals surface area contributed by atoms with Crippen LogP contribution >= 0.6 is 11.6 Å². The summed E-state index contributed by atoms with van der Waals surface area (Å²) < 4.78 is 5.71. The third-order valence-corrected chi connectivity index (χ3v) is 5.88. The maximum absolute atomic E-state index is 12.9. The molecule has 7 heteroatoms. The molecule has 1 N–H and O–H groups in total. The first-order chi connectivity index (χ1) is 16.6. The van der Waals surface area contributed by atoms with Gasteiger partial charge in [0.05, 0.1) is 23.0 Å². The van der Waals surface area contributed by atoms with E-state index in [0.29, 0.717) is 39.7 Å². The van der Waals surface area contributed by atoms with E-state index in [0.717, 1.165) is 24.9 Å². The second-order valence-corrected chi connectivity index (χ2v) is 8.67. The first-order valence-corrected chi connectivity index (χ1v) is 12.1. The summed E-state index contributed by atoms with van der Waals surface area (Å²) >= 11 is 6.46. The van der Waals surface area contributed by atoms with Gasteiger partial charge in [-0.1, -0.05) is 56.5 Å². The maximum atomic E-state index is 12.9. The van der Waals surface area contributed by atoms with E-state index >= 15 is 0 Å². The predicted octanol–water partition coefficient (Wildman–Crippen LogP) is 6.85. The SMILES string of the molecule is CCCCOc1cccc(C(=O)Nc2cc3nn(-c4ccc(CCCC)cc4)nc3cc2Cl)c1. The van der Waals surface area contributed by atoms with Gasteiger partial charge in [-0.05, 0) is 67.3 Å². The van der Waals surface area contributed by atoms with E-state index in [1.54, 1.807) is 35.1 Å². The van der Waals surface area contributed by atoms with Gasteiger partial charge in [-0.2, -0.15) is 4.80 Å². The van der Waals surface area contributed by atoms with Gasteiger partial charge in [0, 0.05) is 5.56 Å². The Bertz CT molecular complexity index is 1270. The molecule has 0 unspecified atom stereocenters. The Hall–Kier alpha value is -3.38. The number of benzene rings is 3. The number of nitrogens with zero attached hydrogens (tertiary/aromatic N) is 3. The number of hydrogen-bond acceptors (Lipinski definition) is 4. The van der Waals surface area contributed by atoms with Crippen molar-refractivity contribution in [3.05, 3.63) is 76.8 Å². The van der Waals surface area contributed by atoms with Gasteiger partial charge in [0.2, 0.25) is 0 Å². The van der Waals surface area contributed by atoms with Crippen molar-refractivity contribution in [2.75, 3.05) is 11.9 Å². The van der Waals surface area contributed by atoms with Crippen LogP contribution in [0.3, 0.4) is 0 Å². The van der Waals surface area contributed by atoms with E-state index in [9.17, 15) is 4.79 Å². The minimum Gasteiger partial charge on any atom is -0.494 e. The number of unbranched alkanes of at least 4 members (excludes halogenated alkanes) is 2. The molecule has 0 spiro atoms. The van der Waals surface area contributed by atoms with Crippen LogP contribution in [-0.2, 0) is 6.42 Å². The van der Waals surface area contributed by atoms with Gasteiger partial charge in [-0.3, -0.25) is 4.79 Å². The van der Waals surface area contributed by atoms with Gasteiger partial charge < -0.3 is 10.1 Å². The molecule has 0 aliphatic carbocycles. The zero-order chi connectivity index (χ0) is 23.9. The molecule has 176 valence electrons. The molecule has 0 aliphatic heterocycles. The van der Waals surface area contributed by atoms with E-state index in [2.05, 4.69) is 41.5 Å². The van der Waals surface area contributed by atoms with Gasteiger partial charge in [0.1, 0.15) is 16.8 Å². The maximum Gasteiger partial charge on any atom is 0.255 e. The molecule has 4 aromatic rings. The first-order valence-electron chi connectivity index (χ1n) is 11.8. The Morgan fingerprint density at radius 2 is 1.71 bits per heavy atom. The van der Waals surface area contributed by atoms with Gasteiger partial charge >= 0.3 is 0 Å². The van der Waals surface area contributed by atoms with E-state index < -0.39 is 0 Å². The topological polar surface area (TPSA) is 69.0 Å². The highest BCUT2D eigenvalue weighted by molar-refractivity contribution is 6.34. The van der Waals surface area contributed by atoms with E-state index in [4.69, 9.17) is 16.3 Å². The quantitative estimate of drug-likeness (QED) is 0.254. The fourth-order valence-electron chi connectivity index (χ4n) is 3.58. The van der Waals surface area contributed by atoms with Crippen LogP contribution in [0.15, 0.2) is 60.7 Å². The molecule has 0 radical (unpaired) electrons. The van der Waals surface area contributed by atoms with E-state index in [-0.39, 0.29) is 5.91 Å². The van der Waals surface area contributed by atoms with Crippen LogP contribution in [0, 0.1) is 0 Å². The van der Waals surface area contributed by atoms with Gasteiger partial charge in [0.15, 0.2) is 0 Å². The van der Waals surface area contributed by atoms with Crippen LogP contribution < -0.4 is 10.1 Å². The number of ether oxygens (including phenoxy) is 1. The fraction of sp³-hybridized carbons (Fsp3) is 0.296. The third-order valence-electron chi connectivity index (χ3n) is 5.57. The molecule has 0 fully saturated rings. The molecular formula is C27H29ClN4O2. The summed E-state index contributed by atoms with van der Waals surface area (Å²) in [6.07, 6.45) is 5.43. The highest BCUT2D eigenvalue weighted by Gasteiger charge is 2.13. The van der Waals surface area contributed by atoms with Crippen LogP contribution in [0.25, 0.3) is 16.7 Å². The Morgan fingerprint density at radius 1 is 0.971 bits per heavy atom. The fourth-order valence-corrected chi connectivity index (χ4v) is 3.79. The standard InChI is InChI=1S/C27H29ClN4O2/c1-3-5-8-19-11-13-21(14-12-19)32-30-25-17-23(28)24(18-26(25)31-32)29-27(33)20-9-7-10-22(16-20)34-15-6-4-2/h7,9-14,16-18H,3-6,8,15H2,1-2H3,(H,29,33). The van der Waals surface area contributed by atoms with Gasteiger partial charge in [0.25, 0.3) is 5.91 Å². The van der Waals surface area contributed by atoms with Crippen LogP contribution in [0.2, 0.25) is 5.02 Å². The summed E-state index contributed by atoms with van der Waals surface area (Å²) in [6.45, 7) is 4.92. The minimum atomic E-state index is -0.266. The summed E-state index contributed by atoms with van der Waals surface area (Å²) in [6, 6.07) is 18.8. The molecule has 0 aliphatic rings. The number of amides is 1. The molecule has 0 saturated heterocycles. The van der Waals surface area contributed by atoms with E-state index in [1.807, 2.05) is 18.2 Å². The van der Waals surface area contributed by atoms with Crippen molar-refractivity contribution in [1.29, 1.82) is 0 Å². The Morgan fingerprint density at radius 3 is 2.44 bits per heavy atom. The number of hydrogen-bond donors (Lipinski definition) is 1.